The first-order valence-electron chi connectivity index (χ1n) is 5.35. The molecule has 16 heavy (non-hydrogen) atoms. The Balaban J connectivity index is 1.96. The largest absolute Gasteiger partial charge is 0.379 e. The molecule has 0 aromatic rings. The number of carbonyl (C=O) groups is 1. The fourth-order valence-electron chi connectivity index (χ4n) is 1.99. The van der Waals surface area contributed by atoms with Gasteiger partial charge in [0.1, 0.15) is 0 Å². The van der Waals surface area contributed by atoms with E-state index in [1.165, 1.54) is 0 Å². The summed E-state index contributed by atoms with van der Waals surface area (Å²) in [6.07, 6.45) is -0.517. The van der Waals surface area contributed by atoms with Gasteiger partial charge in [-0.2, -0.15) is 5.26 Å². The highest BCUT2D eigenvalue weighted by atomic mass is 16.5. The van der Waals surface area contributed by atoms with Gasteiger partial charge >= 0.3 is 0 Å². The van der Waals surface area contributed by atoms with E-state index in [0.29, 0.717) is 32.9 Å². The summed E-state index contributed by atoms with van der Waals surface area (Å²) < 4.78 is 10.3. The van der Waals surface area contributed by atoms with Gasteiger partial charge in [-0.05, 0) is 0 Å². The molecule has 0 aliphatic carbocycles. The molecule has 0 aromatic heterocycles. The second-order valence-corrected chi connectivity index (χ2v) is 4.08. The normalized spacial score (nSPS) is 34.8. The Labute approximate surface area is 93.9 Å². The maximum atomic E-state index is 12.1. The average Bonchev–Trinajstić information content (AvgIpc) is 2.74. The number of nitrogens with zero attached hydrogens (tertiary/aromatic N) is 2. The van der Waals surface area contributed by atoms with Gasteiger partial charge in [-0.1, -0.05) is 0 Å². The molecule has 3 atom stereocenters. The molecule has 1 amide bonds. The predicted octanol–water partition coefficient (Wildman–Crippen LogP) is -1.29. The summed E-state index contributed by atoms with van der Waals surface area (Å²) in [7, 11) is 0. The molecular weight excluding hydrogens is 210 g/mol. The number of amides is 1. The molecule has 0 bridgehead atoms. The molecule has 3 unspecified atom stereocenters. The van der Waals surface area contributed by atoms with Gasteiger partial charge in [0, 0.05) is 12.6 Å². The highest BCUT2D eigenvalue weighted by Crippen LogP contribution is 2.16. The summed E-state index contributed by atoms with van der Waals surface area (Å²) in [6.45, 7) is 2.09. The molecule has 0 saturated carbocycles. The van der Waals surface area contributed by atoms with Crippen LogP contribution in [0.15, 0.2) is 0 Å². The van der Waals surface area contributed by atoms with E-state index in [1.54, 1.807) is 4.90 Å². The van der Waals surface area contributed by atoms with Gasteiger partial charge < -0.3 is 20.1 Å². The molecule has 0 spiro atoms. The van der Waals surface area contributed by atoms with Crippen molar-refractivity contribution in [3.8, 4) is 6.07 Å². The SMILES string of the molecule is N#CC1CN(C(=O)C2COCC2N)CCO1. The van der Waals surface area contributed by atoms with Crippen LogP contribution in [0.25, 0.3) is 0 Å². The van der Waals surface area contributed by atoms with Crippen LogP contribution < -0.4 is 5.73 Å². The highest BCUT2D eigenvalue weighted by molar-refractivity contribution is 5.80. The topological polar surface area (TPSA) is 88.6 Å². The average molecular weight is 225 g/mol. The molecule has 6 nitrogen and oxygen atoms in total. The van der Waals surface area contributed by atoms with E-state index in [0.717, 1.165) is 0 Å². The van der Waals surface area contributed by atoms with E-state index in [-0.39, 0.29) is 17.9 Å². The number of nitriles is 1. The van der Waals surface area contributed by atoms with E-state index in [9.17, 15) is 4.79 Å². The van der Waals surface area contributed by atoms with E-state index in [4.69, 9.17) is 20.5 Å². The van der Waals surface area contributed by atoms with Crippen LogP contribution in [0.2, 0.25) is 0 Å². The number of hydrogen-bond donors (Lipinski definition) is 1. The lowest BCUT2D eigenvalue weighted by atomic mass is 10.0. The van der Waals surface area contributed by atoms with Crippen LogP contribution in [-0.2, 0) is 14.3 Å². The molecule has 2 aliphatic rings. The number of nitrogens with two attached hydrogens (primary N) is 1. The smallest absolute Gasteiger partial charge is 0.229 e. The van der Waals surface area contributed by atoms with Crippen LogP contribution in [0.5, 0.6) is 0 Å². The third kappa shape index (κ3) is 2.16. The van der Waals surface area contributed by atoms with Crippen molar-refractivity contribution >= 4 is 5.91 Å². The third-order valence-corrected chi connectivity index (χ3v) is 2.96. The molecule has 2 rings (SSSR count). The second kappa shape index (κ2) is 4.78. The number of ether oxygens (including phenoxy) is 2. The van der Waals surface area contributed by atoms with Crippen molar-refractivity contribution in [3.63, 3.8) is 0 Å². The summed E-state index contributed by atoms with van der Waals surface area (Å²) in [6, 6.07) is 1.79. The second-order valence-electron chi connectivity index (χ2n) is 4.08. The molecule has 2 aliphatic heterocycles. The Morgan fingerprint density at radius 3 is 2.94 bits per heavy atom. The van der Waals surface area contributed by atoms with Crippen molar-refractivity contribution in [3.05, 3.63) is 0 Å². The van der Waals surface area contributed by atoms with E-state index >= 15 is 0 Å². The lowest BCUT2D eigenvalue weighted by molar-refractivity contribution is -0.141. The third-order valence-electron chi connectivity index (χ3n) is 2.96. The zero-order valence-corrected chi connectivity index (χ0v) is 8.96. The first-order chi connectivity index (χ1) is 7.72. The van der Waals surface area contributed by atoms with Crippen molar-refractivity contribution in [2.75, 3.05) is 32.9 Å². The van der Waals surface area contributed by atoms with Crippen LogP contribution in [0.1, 0.15) is 0 Å². The summed E-state index contributed by atoms with van der Waals surface area (Å²) in [5, 5.41) is 8.75. The zero-order valence-electron chi connectivity index (χ0n) is 8.96. The Hall–Kier alpha value is -1.16. The first-order valence-corrected chi connectivity index (χ1v) is 5.35. The first kappa shape index (κ1) is 11.3. The van der Waals surface area contributed by atoms with Gasteiger partial charge in [-0.3, -0.25) is 4.79 Å². The van der Waals surface area contributed by atoms with Crippen LogP contribution in [-0.4, -0.2) is 55.9 Å². The Morgan fingerprint density at radius 2 is 2.31 bits per heavy atom. The summed E-state index contributed by atoms with van der Waals surface area (Å²) >= 11 is 0. The number of morpholine rings is 1. The van der Waals surface area contributed by atoms with Gasteiger partial charge in [0.15, 0.2) is 6.10 Å². The molecule has 6 heteroatoms. The van der Waals surface area contributed by atoms with Crippen LogP contribution >= 0.6 is 0 Å². The van der Waals surface area contributed by atoms with Gasteiger partial charge in [-0.25, -0.2) is 0 Å². The standard InChI is InChI=1S/C10H15N3O3/c11-3-7-4-13(1-2-16-7)10(14)8-5-15-6-9(8)12/h7-9H,1-2,4-6,12H2. The van der Waals surface area contributed by atoms with Crippen molar-refractivity contribution in [1.82, 2.24) is 4.90 Å². The van der Waals surface area contributed by atoms with Crippen LogP contribution in [0.3, 0.4) is 0 Å². The molecule has 2 N–H and O–H groups in total. The van der Waals surface area contributed by atoms with E-state index < -0.39 is 6.10 Å². The quantitative estimate of drug-likeness (QED) is 0.600. The minimum Gasteiger partial charge on any atom is -0.379 e. The molecular formula is C10H15N3O3. The van der Waals surface area contributed by atoms with E-state index in [1.807, 2.05) is 6.07 Å². The maximum absolute atomic E-state index is 12.1. The number of carbonyl (C=O) groups excluding carboxylic acids is 1. The lowest BCUT2D eigenvalue weighted by Crippen LogP contribution is -2.50. The molecule has 2 heterocycles. The van der Waals surface area contributed by atoms with Gasteiger partial charge in [-0.15, -0.1) is 0 Å². The van der Waals surface area contributed by atoms with Crippen molar-refractivity contribution in [2.24, 2.45) is 11.7 Å². The molecule has 2 saturated heterocycles. The Bertz CT molecular complexity index is 315. The number of rotatable bonds is 1. The van der Waals surface area contributed by atoms with Gasteiger partial charge in [0.05, 0.1) is 38.4 Å². The minimum atomic E-state index is -0.517. The minimum absolute atomic E-state index is 0.0199. The van der Waals surface area contributed by atoms with Crippen molar-refractivity contribution < 1.29 is 14.3 Å². The Kier molecular flexibility index (Phi) is 3.39. The highest BCUT2D eigenvalue weighted by Gasteiger charge is 2.36. The van der Waals surface area contributed by atoms with Crippen molar-refractivity contribution in [1.29, 1.82) is 5.26 Å². The van der Waals surface area contributed by atoms with Crippen LogP contribution in [0.4, 0.5) is 0 Å². The predicted molar refractivity (Wildman–Crippen MR) is 54.2 cm³/mol. The zero-order chi connectivity index (χ0) is 11.5. The van der Waals surface area contributed by atoms with Gasteiger partial charge in [0.2, 0.25) is 5.91 Å². The summed E-state index contributed by atoms with van der Waals surface area (Å²) in [4.78, 5) is 13.7. The molecule has 2 fully saturated rings. The summed E-state index contributed by atoms with van der Waals surface area (Å²) in [5.41, 5.74) is 5.78. The van der Waals surface area contributed by atoms with E-state index in [2.05, 4.69) is 0 Å². The fourth-order valence-corrected chi connectivity index (χ4v) is 1.99. The lowest BCUT2D eigenvalue weighted by Gasteiger charge is -2.32. The maximum Gasteiger partial charge on any atom is 0.229 e. The molecule has 0 radical (unpaired) electrons. The molecule has 88 valence electrons. The fraction of sp³-hybridized carbons (Fsp3) is 0.800. The monoisotopic (exact) mass is 225 g/mol. The summed E-state index contributed by atoms with van der Waals surface area (Å²) in [5.74, 6) is -0.286. The Morgan fingerprint density at radius 1 is 1.50 bits per heavy atom. The van der Waals surface area contributed by atoms with Gasteiger partial charge in [0.25, 0.3) is 0 Å². The van der Waals surface area contributed by atoms with Crippen molar-refractivity contribution in [2.45, 2.75) is 12.1 Å². The number of hydrogen-bond acceptors (Lipinski definition) is 5. The molecule has 0 aromatic carbocycles. The van der Waals surface area contributed by atoms with Crippen LogP contribution in [0, 0.1) is 17.2 Å².